The van der Waals surface area contributed by atoms with Crippen LogP contribution in [0.2, 0.25) is 0 Å². The van der Waals surface area contributed by atoms with Crippen LogP contribution in [-0.4, -0.2) is 56.0 Å². The fraction of sp³-hybridized carbons (Fsp3) is 0.818. The van der Waals surface area contributed by atoms with E-state index in [2.05, 4.69) is 9.46 Å². The molecule has 20 heavy (non-hydrogen) atoms. The summed E-state index contributed by atoms with van der Waals surface area (Å²) in [6, 6.07) is -1.14. The maximum atomic E-state index is 12.0. The summed E-state index contributed by atoms with van der Waals surface area (Å²) in [5, 5.41) is 8.88. The van der Waals surface area contributed by atoms with Crippen LogP contribution in [0.15, 0.2) is 0 Å². The van der Waals surface area contributed by atoms with E-state index in [4.69, 9.17) is 5.11 Å². The van der Waals surface area contributed by atoms with Gasteiger partial charge in [-0.15, -0.1) is 0 Å². The molecule has 8 nitrogen and oxygen atoms in total. The highest BCUT2D eigenvalue weighted by molar-refractivity contribution is 7.87. The molecular weight excluding hydrogens is 288 g/mol. The summed E-state index contributed by atoms with van der Waals surface area (Å²) in [5.41, 5.74) is 0. The molecule has 116 valence electrons. The molecule has 0 amide bonds. The fourth-order valence-electron chi connectivity index (χ4n) is 2.06. The third kappa shape index (κ3) is 4.15. The Hall–Kier alpha value is -1.19. The predicted octanol–water partition coefficient (Wildman–Crippen LogP) is -0.431. The summed E-state index contributed by atoms with van der Waals surface area (Å²) in [6.45, 7) is 1.93. The van der Waals surface area contributed by atoms with Crippen molar-refractivity contribution < 1.29 is 27.9 Å². The van der Waals surface area contributed by atoms with Gasteiger partial charge in [-0.1, -0.05) is 6.92 Å². The van der Waals surface area contributed by atoms with Crippen molar-refractivity contribution in [3.05, 3.63) is 0 Å². The molecule has 0 aromatic carbocycles. The summed E-state index contributed by atoms with van der Waals surface area (Å²) < 4.78 is 32.0. The lowest BCUT2D eigenvalue weighted by atomic mass is 9.99. The minimum absolute atomic E-state index is 0.160. The number of ether oxygens (including phenoxy) is 1. The molecule has 1 saturated heterocycles. The van der Waals surface area contributed by atoms with E-state index in [0.29, 0.717) is 12.8 Å². The number of esters is 1. The highest BCUT2D eigenvalue weighted by Gasteiger charge is 2.33. The van der Waals surface area contributed by atoms with Crippen molar-refractivity contribution in [2.75, 3.05) is 20.2 Å². The molecule has 1 atom stereocenters. The normalized spacial score (nSPS) is 19.5. The van der Waals surface area contributed by atoms with Crippen LogP contribution in [-0.2, 0) is 24.5 Å². The molecule has 9 heteroatoms. The van der Waals surface area contributed by atoms with Gasteiger partial charge in [0.25, 0.3) is 10.2 Å². The van der Waals surface area contributed by atoms with Crippen LogP contribution in [0.5, 0.6) is 0 Å². The highest BCUT2D eigenvalue weighted by atomic mass is 32.2. The molecule has 1 fully saturated rings. The topological polar surface area (TPSA) is 113 Å². The third-order valence-electron chi connectivity index (χ3n) is 3.33. The summed E-state index contributed by atoms with van der Waals surface area (Å²) in [6.07, 6.45) is 0.905. The first-order chi connectivity index (χ1) is 9.31. The number of carboxylic acids is 1. The molecule has 0 radical (unpaired) electrons. The van der Waals surface area contributed by atoms with Gasteiger partial charge in [-0.2, -0.15) is 17.4 Å². The van der Waals surface area contributed by atoms with E-state index in [1.807, 2.05) is 0 Å². The fourth-order valence-corrected chi connectivity index (χ4v) is 3.53. The second kappa shape index (κ2) is 7.00. The van der Waals surface area contributed by atoms with Gasteiger partial charge < -0.3 is 9.84 Å². The van der Waals surface area contributed by atoms with Crippen LogP contribution in [0, 0.1) is 5.92 Å². The van der Waals surface area contributed by atoms with E-state index in [-0.39, 0.29) is 31.4 Å². The average Bonchev–Trinajstić information content (AvgIpc) is 2.43. The Morgan fingerprint density at radius 1 is 1.40 bits per heavy atom. The number of aliphatic carboxylic acids is 1. The minimum Gasteiger partial charge on any atom is -0.480 e. The number of carbonyl (C=O) groups is 2. The second-order valence-corrected chi connectivity index (χ2v) is 6.32. The maximum Gasteiger partial charge on any atom is 0.321 e. The minimum atomic E-state index is -3.85. The van der Waals surface area contributed by atoms with Crippen LogP contribution >= 0.6 is 0 Å². The van der Waals surface area contributed by atoms with Gasteiger partial charge in [0.1, 0.15) is 6.04 Å². The first kappa shape index (κ1) is 16.9. The molecule has 0 aromatic rings. The predicted molar refractivity (Wildman–Crippen MR) is 70.1 cm³/mol. The molecule has 0 unspecified atom stereocenters. The van der Waals surface area contributed by atoms with Gasteiger partial charge >= 0.3 is 11.9 Å². The average molecular weight is 308 g/mol. The Bertz CT molecular complexity index is 456. The molecule has 0 aliphatic carbocycles. The van der Waals surface area contributed by atoms with Crippen LogP contribution in [0.25, 0.3) is 0 Å². The number of rotatable bonds is 6. The van der Waals surface area contributed by atoms with Gasteiger partial charge in [0.05, 0.1) is 13.0 Å². The lowest BCUT2D eigenvalue weighted by molar-refractivity contribution is -0.146. The van der Waals surface area contributed by atoms with Gasteiger partial charge in [-0.25, -0.2) is 0 Å². The van der Waals surface area contributed by atoms with E-state index in [9.17, 15) is 18.0 Å². The first-order valence-corrected chi connectivity index (χ1v) is 7.83. The Morgan fingerprint density at radius 3 is 2.35 bits per heavy atom. The van der Waals surface area contributed by atoms with Crippen LogP contribution in [0.1, 0.15) is 26.2 Å². The molecule has 0 spiro atoms. The number of carbonyl (C=O) groups excluding carboxylic acids is 1. The molecule has 1 aliphatic heterocycles. The van der Waals surface area contributed by atoms with Gasteiger partial charge in [0.15, 0.2) is 0 Å². The smallest absolute Gasteiger partial charge is 0.321 e. The summed E-state index contributed by atoms with van der Waals surface area (Å²) in [7, 11) is -2.55. The largest absolute Gasteiger partial charge is 0.480 e. The highest BCUT2D eigenvalue weighted by Crippen LogP contribution is 2.20. The van der Waals surface area contributed by atoms with Crippen molar-refractivity contribution >= 4 is 22.1 Å². The number of nitrogens with zero attached hydrogens (tertiary/aromatic N) is 1. The molecule has 0 bridgehead atoms. The Morgan fingerprint density at radius 2 is 1.95 bits per heavy atom. The monoisotopic (exact) mass is 308 g/mol. The van der Waals surface area contributed by atoms with Crippen LogP contribution < -0.4 is 4.72 Å². The number of hydrogen-bond acceptors (Lipinski definition) is 5. The third-order valence-corrected chi connectivity index (χ3v) is 4.95. The zero-order valence-corrected chi connectivity index (χ0v) is 12.4. The maximum absolute atomic E-state index is 12.0. The van der Waals surface area contributed by atoms with Gasteiger partial charge in [-0.3, -0.25) is 9.59 Å². The number of hydrogen-bond donors (Lipinski definition) is 2. The molecule has 0 aromatic heterocycles. The molecule has 1 heterocycles. The zero-order valence-electron chi connectivity index (χ0n) is 11.5. The van der Waals surface area contributed by atoms with Crippen molar-refractivity contribution in [2.24, 2.45) is 5.92 Å². The molecule has 1 rings (SSSR count). The number of carboxylic acid groups (broad SMARTS) is 1. The molecular formula is C11H20N2O6S. The quantitative estimate of drug-likeness (QED) is 0.644. The van der Waals surface area contributed by atoms with Gasteiger partial charge in [-0.05, 0) is 19.3 Å². The second-order valence-electron chi connectivity index (χ2n) is 4.62. The van der Waals surface area contributed by atoms with E-state index in [1.54, 1.807) is 6.92 Å². The summed E-state index contributed by atoms with van der Waals surface area (Å²) >= 11 is 0. The lowest BCUT2D eigenvalue weighted by Crippen LogP contribution is -2.50. The lowest BCUT2D eigenvalue weighted by Gasteiger charge is -2.30. The molecule has 2 N–H and O–H groups in total. The summed E-state index contributed by atoms with van der Waals surface area (Å²) in [4.78, 5) is 22.2. The van der Waals surface area contributed by atoms with Crippen molar-refractivity contribution in [1.82, 2.24) is 9.03 Å². The van der Waals surface area contributed by atoms with Crippen molar-refractivity contribution in [3.63, 3.8) is 0 Å². The van der Waals surface area contributed by atoms with Gasteiger partial charge in [0.2, 0.25) is 0 Å². The van der Waals surface area contributed by atoms with Crippen LogP contribution in [0.4, 0.5) is 0 Å². The van der Waals surface area contributed by atoms with Crippen molar-refractivity contribution in [1.29, 1.82) is 0 Å². The van der Waals surface area contributed by atoms with Crippen LogP contribution in [0.3, 0.4) is 0 Å². The molecule has 0 saturated carbocycles. The van der Waals surface area contributed by atoms with E-state index in [0.717, 1.165) is 4.31 Å². The Balaban J connectivity index is 2.63. The number of nitrogens with one attached hydrogen (secondary N) is 1. The summed E-state index contributed by atoms with van der Waals surface area (Å²) in [5.74, 6) is -1.85. The standard InChI is InChI=1S/C11H20N2O6S/c1-3-9(10(14)15)12-20(17,18)13-6-4-8(5-7-13)11(16)19-2/h8-9,12H,3-7H2,1-2H3,(H,14,15)/t9-/m0/s1. The van der Waals surface area contributed by atoms with Crippen molar-refractivity contribution in [2.45, 2.75) is 32.2 Å². The van der Waals surface area contributed by atoms with E-state index < -0.39 is 22.2 Å². The van der Waals surface area contributed by atoms with Crippen molar-refractivity contribution in [3.8, 4) is 0 Å². The first-order valence-electron chi connectivity index (χ1n) is 6.39. The zero-order chi connectivity index (χ0) is 15.3. The van der Waals surface area contributed by atoms with E-state index in [1.165, 1.54) is 7.11 Å². The Kier molecular flexibility index (Phi) is 5.90. The molecule has 1 aliphatic rings. The van der Waals surface area contributed by atoms with E-state index >= 15 is 0 Å². The van der Waals surface area contributed by atoms with Gasteiger partial charge in [0, 0.05) is 13.1 Å². The SMILES string of the molecule is CC[C@H](NS(=O)(=O)N1CCC(C(=O)OC)CC1)C(=O)O. The number of methoxy groups -OCH3 is 1. The number of piperidine rings is 1. The Labute approximate surface area is 118 Å².